The van der Waals surface area contributed by atoms with Crippen molar-refractivity contribution in [3.8, 4) is 6.07 Å². The first-order valence-electron chi connectivity index (χ1n) is 8.25. The van der Waals surface area contributed by atoms with Crippen molar-refractivity contribution in [3.05, 3.63) is 50.7 Å². The van der Waals surface area contributed by atoms with E-state index in [1.54, 1.807) is 0 Å². The zero-order valence-electron chi connectivity index (χ0n) is 14.3. The van der Waals surface area contributed by atoms with E-state index in [9.17, 15) is 14.9 Å². The molecule has 130 valence electrons. The van der Waals surface area contributed by atoms with Gasteiger partial charge in [-0.1, -0.05) is 12.8 Å². The van der Waals surface area contributed by atoms with E-state index in [0.29, 0.717) is 5.25 Å². The first-order valence-corrected chi connectivity index (χ1v) is 9.13. The summed E-state index contributed by atoms with van der Waals surface area (Å²) in [4.78, 5) is 25.4. The molecule has 0 bridgehead atoms. The highest BCUT2D eigenvalue weighted by molar-refractivity contribution is 8.00. The van der Waals surface area contributed by atoms with Crippen molar-refractivity contribution in [1.29, 1.82) is 5.26 Å². The van der Waals surface area contributed by atoms with E-state index in [0.717, 1.165) is 10.3 Å². The van der Waals surface area contributed by atoms with E-state index < -0.39 is 11.2 Å². The monoisotopic (exact) mass is 356 g/mol. The number of thioether (sulfide) groups is 1. The van der Waals surface area contributed by atoms with Crippen molar-refractivity contribution in [1.82, 2.24) is 9.13 Å². The molecule has 0 unspecified atom stereocenters. The molecule has 1 aromatic carbocycles. The molecule has 0 radical (unpaired) electrons. The van der Waals surface area contributed by atoms with E-state index in [1.807, 2.05) is 42.1 Å². The van der Waals surface area contributed by atoms with Crippen LogP contribution in [-0.2, 0) is 14.1 Å². The Morgan fingerprint density at radius 3 is 2.36 bits per heavy atom. The lowest BCUT2D eigenvalue weighted by atomic mass is 10.2. The normalized spacial score (nSPS) is 14.4. The largest absolute Gasteiger partial charge is 0.340 e. The van der Waals surface area contributed by atoms with Crippen molar-refractivity contribution in [2.24, 2.45) is 14.1 Å². The molecule has 1 saturated carbocycles. The van der Waals surface area contributed by atoms with Gasteiger partial charge in [0.2, 0.25) is 0 Å². The summed E-state index contributed by atoms with van der Waals surface area (Å²) in [6, 6.07) is 9.75. The van der Waals surface area contributed by atoms with E-state index >= 15 is 0 Å². The third-order valence-corrected chi connectivity index (χ3v) is 5.85. The van der Waals surface area contributed by atoms with Gasteiger partial charge in [0.05, 0.1) is 0 Å². The molecule has 0 saturated heterocycles. The maximum absolute atomic E-state index is 12.1. The van der Waals surface area contributed by atoms with Gasteiger partial charge in [-0.25, -0.2) is 4.79 Å². The predicted molar refractivity (Wildman–Crippen MR) is 99.5 cm³/mol. The van der Waals surface area contributed by atoms with Crippen LogP contribution in [0.3, 0.4) is 0 Å². The zero-order chi connectivity index (χ0) is 18.0. The van der Waals surface area contributed by atoms with Gasteiger partial charge in [0.15, 0.2) is 5.56 Å². The second-order valence-corrected chi connectivity index (χ2v) is 7.59. The van der Waals surface area contributed by atoms with Crippen molar-refractivity contribution in [2.45, 2.75) is 35.8 Å². The number of benzene rings is 1. The number of rotatable bonds is 4. The average molecular weight is 356 g/mol. The van der Waals surface area contributed by atoms with Crippen LogP contribution in [-0.4, -0.2) is 14.4 Å². The SMILES string of the molecule is Cn1c(Nc2ccc(SC3CCCC3)cc2)c(C#N)c(=O)n(C)c1=O. The summed E-state index contributed by atoms with van der Waals surface area (Å²) in [5.41, 5.74) is -0.411. The summed E-state index contributed by atoms with van der Waals surface area (Å²) < 4.78 is 2.21. The van der Waals surface area contributed by atoms with Gasteiger partial charge in [-0.05, 0) is 37.1 Å². The molecule has 1 aromatic heterocycles. The van der Waals surface area contributed by atoms with Crippen LogP contribution in [0.2, 0.25) is 0 Å². The molecule has 1 aliphatic rings. The fourth-order valence-corrected chi connectivity index (χ4v) is 4.29. The summed E-state index contributed by atoms with van der Waals surface area (Å²) in [6.07, 6.45) is 5.16. The summed E-state index contributed by atoms with van der Waals surface area (Å²) in [5.74, 6) is 0.215. The summed E-state index contributed by atoms with van der Waals surface area (Å²) in [6.45, 7) is 0. The Morgan fingerprint density at radius 1 is 1.12 bits per heavy atom. The Balaban J connectivity index is 1.86. The summed E-state index contributed by atoms with van der Waals surface area (Å²) in [7, 11) is 2.90. The van der Waals surface area contributed by atoms with Crippen LogP contribution in [0.4, 0.5) is 11.5 Å². The van der Waals surface area contributed by atoms with Gasteiger partial charge in [0, 0.05) is 29.9 Å². The molecule has 1 fully saturated rings. The smallest absolute Gasteiger partial charge is 0.332 e. The van der Waals surface area contributed by atoms with E-state index in [4.69, 9.17) is 0 Å². The molecule has 3 rings (SSSR count). The van der Waals surface area contributed by atoms with Crippen LogP contribution in [0, 0.1) is 11.3 Å². The molecule has 0 atom stereocenters. The van der Waals surface area contributed by atoms with Crippen LogP contribution in [0.1, 0.15) is 31.2 Å². The average Bonchev–Trinajstić information content (AvgIpc) is 3.13. The molecular weight excluding hydrogens is 336 g/mol. The Bertz CT molecular complexity index is 932. The Morgan fingerprint density at radius 2 is 1.76 bits per heavy atom. The lowest BCUT2D eigenvalue weighted by Crippen LogP contribution is -2.39. The van der Waals surface area contributed by atoms with Gasteiger partial charge in [0.1, 0.15) is 11.9 Å². The van der Waals surface area contributed by atoms with Crippen molar-refractivity contribution < 1.29 is 0 Å². The van der Waals surface area contributed by atoms with Gasteiger partial charge in [-0.3, -0.25) is 13.9 Å². The number of hydrogen-bond donors (Lipinski definition) is 1. The fraction of sp³-hybridized carbons (Fsp3) is 0.389. The van der Waals surface area contributed by atoms with Crippen LogP contribution in [0.5, 0.6) is 0 Å². The molecule has 0 spiro atoms. The highest BCUT2D eigenvalue weighted by Crippen LogP contribution is 2.35. The summed E-state index contributed by atoms with van der Waals surface area (Å²) in [5, 5.41) is 13.0. The lowest BCUT2D eigenvalue weighted by Gasteiger charge is -2.14. The Kier molecular flexibility index (Phi) is 5.00. The van der Waals surface area contributed by atoms with Crippen molar-refractivity contribution >= 4 is 23.3 Å². The van der Waals surface area contributed by atoms with Gasteiger partial charge >= 0.3 is 5.69 Å². The molecule has 2 aromatic rings. The van der Waals surface area contributed by atoms with Crippen LogP contribution in [0.25, 0.3) is 0 Å². The number of anilines is 2. The fourth-order valence-electron chi connectivity index (χ4n) is 3.04. The first kappa shape index (κ1) is 17.4. The molecule has 25 heavy (non-hydrogen) atoms. The number of hydrogen-bond acceptors (Lipinski definition) is 5. The minimum Gasteiger partial charge on any atom is -0.340 e. The van der Waals surface area contributed by atoms with Crippen molar-refractivity contribution in [3.63, 3.8) is 0 Å². The molecular formula is C18H20N4O2S. The molecule has 1 aliphatic carbocycles. The molecule has 0 aliphatic heterocycles. The highest BCUT2D eigenvalue weighted by Gasteiger charge is 2.17. The van der Waals surface area contributed by atoms with Gasteiger partial charge in [0.25, 0.3) is 5.56 Å². The number of nitrogens with zero attached hydrogens (tertiary/aromatic N) is 3. The molecule has 7 heteroatoms. The van der Waals surface area contributed by atoms with Gasteiger partial charge < -0.3 is 5.32 Å². The second-order valence-electron chi connectivity index (χ2n) is 6.21. The third kappa shape index (κ3) is 3.49. The molecule has 1 heterocycles. The third-order valence-electron chi connectivity index (χ3n) is 4.50. The number of aromatic nitrogens is 2. The maximum Gasteiger partial charge on any atom is 0.332 e. The minimum absolute atomic E-state index is 0.0750. The van der Waals surface area contributed by atoms with Crippen molar-refractivity contribution in [2.75, 3.05) is 5.32 Å². The highest BCUT2D eigenvalue weighted by atomic mass is 32.2. The predicted octanol–water partition coefficient (Wildman–Crippen LogP) is 2.73. The van der Waals surface area contributed by atoms with E-state index in [2.05, 4.69) is 5.32 Å². The molecule has 0 amide bonds. The van der Waals surface area contributed by atoms with Gasteiger partial charge in [-0.15, -0.1) is 11.8 Å². The number of nitrogens with one attached hydrogen (secondary N) is 1. The zero-order valence-corrected chi connectivity index (χ0v) is 15.1. The standard InChI is InChI=1S/C18H20N4O2S/c1-21-16(15(11-19)17(23)22(2)18(21)24)20-12-7-9-14(10-8-12)25-13-5-3-4-6-13/h7-10,13,20H,3-6H2,1-2H3. The van der Waals surface area contributed by atoms with Crippen LogP contribution in [0.15, 0.2) is 38.8 Å². The first-order chi connectivity index (χ1) is 12.0. The molecule has 6 nitrogen and oxygen atoms in total. The quantitative estimate of drug-likeness (QED) is 0.911. The second kappa shape index (κ2) is 7.19. The Labute approximate surface area is 150 Å². The topological polar surface area (TPSA) is 79.8 Å². The number of nitriles is 1. The van der Waals surface area contributed by atoms with Gasteiger partial charge in [-0.2, -0.15) is 5.26 Å². The lowest BCUT2D eigenvalue weighted by molar-refractivity contribution is 0.689. The van der Waals surface area contributed by atoms with E-state index in [1.165, 1.54) is 49.2 Å². The minimum atomic E-state index is -0.596. The van der Waals surface area contributed by atoms with E-state index in [-0.39, 0.29) is 11.4 Å². The Hall–Kier alpha value is -2.46. The molecule has 1 N–H and O–H groups in total. The van der Waals surface area contributed by atoms with Crippen LogP contribution >= 0.6 is 11.8 Å². The maximum atomic E-state index is 12.1. The summed E-state index contributed by atoms with van der Waals surface area (Å²) >= 11 is 1.90. The van der Waals surface area contributed by atoms with Crippen LogP contribution < -0.4 is 16.6 Å².